The summed E-state index contributed by atoms with van der Waals surface area (Å²) in [6.07, 6.45) is 0. The first-order chi connectivity index (χ1) is 24.6. The van der Waals surface area contributed by atoms with Crippen LogP contribution in [0.3, 0.4) is 0 Å². The molecule has 9 rings (SSSR count). The SMILES string of the molecule is N#Cc1ccc(-n2c3ccccc3c3ccc(C#N)cc32)c(-c2cccc(-c3ccc(-n4c5ccccc5c5cc(C#N)ccc54)cc3)c2)c1. The van der Waals surface area contributed by atoms with E-state index >= 15 is 0 Å². The molecule has 50 heavy (non-hydrogen) atoms. The fraction of sp³-hybridized carbons (Fsp3) is 0. The van der Waals surface area contributed by atoms with Gasteiger partial charge in [0.1, 0.15) is 0 Å². The van der Waals surface area contributed by atoms with Crippen molar-refractivity contribution in [2.24, 2.45) is 0 Å². The van der Waals surface area contributed by atoms with E-state index in [0.717, 1.165) is 77.2 Å². The third kappa shape index (κ3) is 4.45. The second-order valence-electron chi connectivity index (χ2n) is 12.4. The number of benzene rings is 7. The van der Waals surface area contributed by atoms with Gasteiger partial charge in [0.25, 0.3) is 0 Å². The highest BCUT2D eigenvalue weighted by Crippen LogP contribution is 2.38. The van der Waals surface area contributed by atoms with E-state index in [1.165, 1.54) is 0 Å². The molecule has 2 heterocycles. The molecule has 0 amide bonds. The summed E-state index contributed by atoms with van der Waals surface area (Å²) in [4.78, 5) is 0. The smallest absolute Gasteiger partial charge is 0.0992 e. The number of hydrogen-bond donors (Lipinski definition) is 0. The molecular weight excluding hydrogens is 611 g/mol. The largest absolute Gasteiger partial charge is 0.309 e. The Hall–Kier alpha value is -7.39. The van der Waals surface area contributed by atoms with E-state index in [0.29, 0.717) is 16.7 Å². The lowest BCUT2D eigenvalue weighted by molar-refractivity contribution is 1.18. The molecule has 0 aliphatic carbocycles. The van der Waals surface area contributed by atoms with Crippen LogP contribution in [-0.2, 0) is 0 Å². The normalized spacial score (nSPS) is 11.1. The second-order valence-corrected chi connectivity index (χ2v) is 12.4. The molecule has 0 unspecified atom stereocenters. The number of hydrogen-bond acceptors (Lipinski definition) is 3. The lowest BCUT2D eigenvalue weighted by Crippen LogP contribution is -1.98. The standard InChI is InChI=1S/C45H25N5/c46-26-29-13-20-43(50-42-11-4-1-8-36(42)38-19-12-31(28-48)24-45(38)50)39(22-29)34-7-5-6-33(25-34)32-15-17-35(18-16-32)49-41-10-3-2-9-37(41)40-23-30(27-47)14-21-44(40)49/h1-25H. The molecule has 5 heteroatoms. The molecule has 0 atom stereocenters. The molecule has 9 aromatic rings. The van der Waals surface area contributed by atoms with Gasteiger partial charge in [-0.2, -0.15) is 15.8 Å². The number of para-hydroxylation sites is 2. The molecule has 0 spiro atoms. The van der Waals surface area contributed by atoms with E-state index in [1.807, 2.05) is 78.9 Å². The van der Waals surface area contributed by atoms with Gasteiger partial charge in [0.15, 0.2) is 0 Å². The summed E-state index contributed by atoms with van der Waals surface area (Å²) < 4.78 is 4.45. The first-order valence-electron chi connectivity index (χ1n) is 16.3. The van der Waals surface area contributed by atoms with Crippen LogP contribution < -0.4 is 0 Å². The Balaban J connectivity index is 1.18. The van der Waals surface area contributed by atoms with Crippen molar-refractivity contribution in [3.63, 3.8) is 0 Å². The van der Waals surface area contributed by atoms with Gasteiger partial charge in [0.2, 0.25) is 0 Å². The maximum absolute atomic E-state index is 9.93. The fourth-order valence-electron chi connectivity index (χ4n) is 7.32. The topological polar surface area (TPSA) is 81.2 Å². The highest BCUT2D eigenvalue weighted by atomic mass is 15.0. The monoisotopic (exact) mass is 635 g/mol. The third-order valence-corrected chi connectivity index (χ3v) is 9.60. The zero-order chi connectivity index (χ0) is 33.8. The highest BCUT2D eigenvalue weighted by molar-refractivity contribution is 6.11. The third-order valence-electron chi connectivity index (χ3n) is 9.60. The Labute approximate surface area is 287 Å². The van der Waals surface area contributed by atoms with Gasteiger partial charge in [-0.25, -0.2) is 0 Å². The van der Waals surface area contributed by atoms with Gasteiger partial charge >= 0.3 is 0 Å². The first kappa shape index (κ1) is 28.8. The van der Waals surface area contributed by atoms with E-state index < -0.39 is 0 Å². The van der Waals surface area contributed by atoms with Crippen LogP contribution in [0.4, 0.5) is 0 Å². The molecule has 2 aromatic heterocycles. The summed E-state index contributed by atoms with van der Waals surface area (Å²) in [5.74, 6) is 0. The van der Waals surface area contributed by atoms with Crippen molar-refractivity contribution in [3.05, 3.63) is 168 Å². The number of rotatable bonds is 4. The van der Waals surface area contributed by atoms with Crippen molar-refractivity contribution in [2.75, 3.05) is 0 Å². The molecule has 230 valence electrons. The number of fused-ring (bicyclic) bond motifs is 6. The Morgan fingerprint density at radius 2 is 0.940 bits per heavy atom. The maximum atomic E-state index is 9.93. The van der Waals surface area contributed by atoms with E-state index in [-0.39, 0.29) is 0 Å². The van der Waals surface area contributed by atoms with Crippen LogP contribution in [0.2, 0.25) is 0 Å². The van der Waals surface area contributed by atoms with Crippen molar-refractivity contribution >= 4 is 43.6 Å². The minimum atomic E-state index is 0.574. The molecule has 5 nitrogen and oxygen atoms in total. The Bertz CT molecular complexity index is 2960. The zero-order valence-electron chi connectivity index (χ0n) is 26.7. The average Bonchev–Trinajstić information content (AvgIpc) is 3.69. The van der Waals surface area contributed by atoms with Gasteiger partial charge in [-0.05, 0) is 95.6 Å². The van der Waals surface area contributed by atoms with E-state index in [9.17, 15) is 15.8 Å². The Kier molecular flexibility index (Phi) is 6.56. The van der Waals surface area contributed by atoms with Crippen LogP contribution >= 0.6 is 0 Å². The summed E-state index contributed by atoms with van der Waals surface area (Å²) in [7, 11) is 0. The molecule has 0 saturated heterocycles. The van der Waals surface area contributed by atoms with Crippen LogP contribution in [-0.4, -0.2) is 9.13 Å². The van der Waals surface area contributed by atoms with Crippen LogP contribution in [0.15, 0.2) is 152 Å². The molecule has 0 radical (unpaired) electrons. The van der Waals surface area contributed by atoms with Crippen LogP contribution in [0.5, 0.6) is 0 Å². The van der Waals surface area contributed by atoms with Crippen LogP contribution in [0.25, 0.3) is 77.2 Å². The van der Waals surface area contributed by atoms with E-state index in [4.69, 9.17) is 0 Å². The number of nitrogens with zero attached hydrogens (tertiary/aromatic N) is 5. The summed E-state index contributed by atoms with van der Waals surface area (Å²) in [5, 5.41) is 33.5. The molecular formula is C45H25N5. The quantitative estimate of drug-likeness (QED) is 0.193. The molecule has 0 aliphatic heterocycles. The predicted octanol–water partition coefficient (Wildman–Crippen LogP) is 10.8. The molecule has 0 saturated carbocycles. The fourth-order valence-corrected chi connectivity index (χ4v) is 7.32. The van der Waals surface area contributed by atoms with Gasteiger partial charge < -0.3 is 9.13 Å². The van der Waals surface area contributed by atoms with Gasteiger partial charge in [0, 0.05) is 32.8 Å². The maximum Gasteiger partial charge on any atom is 0.0992 e. The average molecular weight is 636 g/mol. The molecule has 7 aromatic carbocycles. The second kappa shape index (κ2) is 11.4. The van der Waals surface area contributed by atoms with Gasteiger partial charge in [-0.15, -0.1) is 0 Å². The summed E-state index contributed by atoms with van der Waals surface area (Å²) >= 11 is 0. The van der Waals surface area contributed by atoms with Gasteiger partial charge in [-0.1, -0.05) is 72.8 Å². The molecule has 0 aliphatic rings. The number of aromatic nitrogens is 2. The van der Waals surface area contributed by atoms with Crippen molar-refractivity contribution in [1.82, 2.24) is 9.13 Å². The number of nitriles is 3. The highest BCUT2D eigenvalue weighted by Gasteiger charge is 2.18. The summed E-state index contributed by atoms with van der Waals surface area (Å²) in [5.41, 5.74) is 11.9. The van der Waals surface area contributed by atoms with Crippen molar-refractivity contribution in [2.45, 2.75) is 0 Å². The van der Waals surface area contributed by atoms with E-state index in [2.05, 4.69) is 100 Å². The van der Waals surface area contributed by atoms with Crippen molar-refractivity contribution < 1.29 is 0 Å². The van der Waals surface area contributed by atoms with Gasteiger partial charge in [0.05, 0.1) is 62.7 Å². The lowest BCUT2D eigenvalue weighted by Gasteiger charge is -2.16. The van der Waals surface area contributed by atoms with E-state index in [1.54, 1.807) is 0 Å². The molecule has 0 fully saturated rings. The summed E-state index contributed by atoms with van der Waals surface area (Å²) in [6, 6.07) is 57.9. The molecule has 0 N–H and O–H groups in total. The van der Waals surface area contributed by atoms with Crippen molar-refractivity contribution in [1.29, 1.82) is 15.8 Å². The lowest BCUT2D eigenvalue weighted by atomic mass is 9.96. The first-order valence-corrected chi connectivity index (χ1v) is 16.3. The predicted molar refractivity (Wildman–Crippen MR) is 200 cm³/mol. The molecule has 0 bridgehead atoms. The zero-order valence-corrected chi connectivity index (χ0v) is 26.7. The summed E-state index contributed by atoms with van der Waals surface area (Å²) in [6.45, 7) is 0. The van der Waals surface area contributed by atoms with Crippen LogP contribution in [0, 0.1) is 34.0 Å². The Morgan fingerprint density at radius 3 is 1.70 bits per heavy atom. The van der Waals surface area contributed by atoms with Gasteiger partial charge in [-0.3, -0.25) is 0 Å². The van der Waals surface area contributed by atoms with Crippen molar-refractivity contribution in [3.8, 4) is 51.8 Å². The minimum Gasteiger partial charge on any atom is -0.309 e. The Morgan fingerprint density at radius 1 is 0.360 bits per heavy atom. The minimum absolute atomic E-state index is 0.574. The van der Waals surface area contributed by atoms with Crippen LogP contribution in [0.1, 0.15) is 16.7 Å².